The molecule has 0 saturated carbocycles. The van der Waals surface area contributed by atoms with Gasteiger partial charge in [-0.2, -0.15) is 0 Å². The van der Waals surface area contributed by atoms with Gasteiger partial charge < -0.3 is 10.6 Å². The number of hydrogen-bond acceptors (Lipinski definition) is 4. The average Bonchev–Trinajstić information content (AvgIpc) is 3.07. The average molecular weight is 508 g/mol. The number of benzene rings is 1. The fraction of sp³-hybridized carbons (Fsp3) is 0.353. The molecule has 1 heterocycles. The van der Waals surface area contributed by atoms with Gasteiger partial charge in [0.2, 0.25) is 10.0 Å². The van der Waals surface area contributed by atoms with Crippen LogP contribution >= 0.6 is 35.3 Å². The number of nitrogens with zero attached hydrogens (tertiary/aromatic N) is 1. The molecule has 4 N–H and O–H groups in total. The van der Waals surface area contributed by atoms with Crippen molar-refractivity contribution in [2.75, 3.05) is 13.1 Å². The quantitative estimate of drug-likeness (QED) is 0.305. The number of halogens is 1. The van der Waals surface area contributed by atoms with Gasteiger partial charge in [-0.15, -0.1) is 35.3 Å². The summed E-state index contributed by atoms with van der Waals surface area (Å²) in [4.78, 5) is 5.36. The summed E-state index contributed by atoms with van der Waals surface area (Å²) >= 11 is 1.15. The van der Waals surface area contributed by atoms with Gasteiger partial charge in [-0.25, -0.2) is 18.5 Å². The van der Waals surface area contributed by atoms with E-state index >= 15 is 0 Å². The summed E-state index contributed by atoms with van der Waals surface area (Å²) in [5.41, 5.74) is 1.27. The second-order valence-electron chi connectivity index (χ2n) is 5.65. The number of aliphatic imine (C=N–C) groups is 1. The molecule has 0 radical (unpaired) electrons. The molecule has 0 fully saturated rings. The van der Waals surface area contributed by atoms with Gasteiger partial charge >= 0.3 is 0 Å². The van der Waals surface area contributed by atoms with E-state index in [1.165, 1.54) is 11.6 Å². The van der Waals surface area contributed by atoms with Crippen LogP contribution in [0.5, 0.6) is 0 Å². The monoisotopic (exact) mass is 508 g/mol. The third kappa shape index (κ3) is 7.22. The van der Waals surface area contributed by atoms with E-state index in [0.717, 1.165) is 29.3 Å². The summed E-state index contributed by atoms with van der Waals surface area (Å²) < 4.78 is 22.8. The van der Waals surface area contributed by atoms with E-state index < -0.39 is 10.0 Å². The summed E-state index contributed by atoms with van der Waals surface area (Å²) in [6.07, 6.45) is 0. The minimum absolute atomic E-state index is 0. The maximum absolute atomic E-state index is 11.3. The molecule has 144 valence electrons. The number of sulfonamides is 1. The van der Waals surface area contributed by atoms with Gasteiger partial charge in [0.1, 0.15) is 4.21 Å². The van der Waals surface area contributed by atoms with Crippen LogP contribution in [0.4, 0.5) is 0 Å². The molecule has 0 amide bonds. The highest BCUT2D eigenvalue weighted by molar-refractivity contribution is 14.0. The molecule has 6 nitrogen and oxygen atoms in total. The highest BCUT2D eigenvalue weighted by atomic mass is 127. The maximum atomic E-state index is 11.3. The zero-order valence-corrected chi connectivity index (χ0v) is 18.8. The number of primary sulfonamides is 1. The van der Waals surface area contributed by atoms with Gasteiger partial charge in [-0.05, 0) is 30.5 Å². The van der Waals surface area contributed by atoms with Crippen LogP contribution in [0.25, 0.3) is 0 Å². The molecule has 2 rings (SSSR count). The van der Waals surface area contributed by atoms with Crippen LogP contribution in [0.2, 0.25) is 0 Å². The topological polar surface area (TPSA) is 96.6 Å². The maximum Gasteiger partial charge on any atom is 0.247 e. The van der Waals surface area contributed by atoms with Crippen molar-refractivity contribution < 1.29 is 8.42 Å². The zero-order valence-electron chi connectivity index (χ0n) is 14.8. The first-order valence-corrected chi connectivity index (χ1v) is 10.4. The third-order valence-electron chi connectivity index (χ3n) is 3.60. The van der Waals surface area contributed by atoms with Crippen molar-refractivity contribution in [1.29, 1.82) is 0 Å². The largest absolute Gasteiger partial charge is 0.357 e. The van der Waals surface area contributed by atoms with Crippen LogP contribution in [0.15, 0.2) is 51.7 Å². The van der Waals surface area contributed by atoms with E-state index in [4.69, 9.17) is 5.14 Å². The number of thiophene rings is 1. The Morgan fingerprint density at radius 3 is 2.46 bits per heavy atom. The van der Waals surface area contributed by atoms with E-state index in [9.17, 15) is 8.42 Å². The number of guanidine groups is 1. The first kappa shape index (κ1) is 22.9. The highest BCUT2D eigenvalue weighted by Gasteiger charge is 2.11. The van der Waals surface area contributed by atoms with Crippen LogP contribution in [0.1, 0.15) is 30.2 Å². The molecule has 0 aliphatic carbocycles. The van der Waals surface area contributed by atoms with E-state index in [-0.39, 0.29) is 28.2 Å². The summed E-state index contributed by atoms with van der Waals surface area (Å²) in [6.45, 7) is 6.06. The van der Waals surface area contributed by atoms with Crippen molar-refractivity contribution in [3.8, 4) is 0 Å². The summed E-state index contributed by atoms with van der Waals surface area (Å²) in [5, 5.41) is 11.7. The SMILES string of the molecule is CCNC(=NCc1ccc(S(N)(=O)=O)s1)NCC(C)c1ccccc1.I. The Hall–Kier alpha value is -1.17. The van der Waals surface area contributed by atoms with E-state index in [1.54, 1.807) is 6.07 Å². The standard InChI is InChI=1S/C17H24N4O2S2.HI/c1-3-19-17(20-11-13(2)14-7-5-4-6-8-14)21-12-15-9-10-16(24-15)25(18,22)23;/h4-10,13H,3,11-12H2,1-2H3,(H2,18,22,23)(H2,19,20,21);1H. The summed E-state index contributed by atoms with van der Waals surface area (Å²) in [7, 11) is -3.64. The predicted octanol–water partition coefficient (Wildman–Crippen LogP) is 2.87. The molecule has 1 aromatic carbocycles. The molecule has 9 heteroatoms. The number of nitrogens with two attached hydrogens (primary N) is 1. The Morgan fingerprint density at radius 2 is 1.88 bits per heavy atom. The zero-order chi connectivity index (χ0) is 18.3. The van der Waals surface area contributed by atoms with E-state index in [1.807, 2.05) is 25.1 Å². The molecule has 1 unspecified atom stereocenters. The molecular weight excluding hydrogens is 483 g/mol. The molecule has 0 aliphatic rings. The second kappa shape index (κ2) is 10.9. The smallest absolute Gasteiger partial charge is 0.247 e. The minimum Gasteiger partial charge on any atom is -0.357 e. The Bertz CT molecular complexity index is 807. The van der Waals surface area contributed by atoms with E-state index in [2.05, 4.69) is 34.7 Å². The lowest BCUT2D eigenvalue weighted by Crippen LogP contribution is -2.39. The van der Waals surface area contributed by atoms with Gasteiger partial charge in [0.25, 0.3) is 0 Å². The van der Waals surface area contributed by atoms with Crippen molar-refractivity contribution in [3.05, 3.63) is 52.9 Å². The third-order valence-corrected chi connectivity index (χ3v) is 6.11. The lowest BCUT2D eigenvalue weighted by atomic mass is 10.0. The number of hydrogen-bond donors (Lipinski definition) is 3. The van der Waals surface area contributed by atoms with Crippen LogP contribution < -0.4 is 15.8 Å². The summed E-state index contributed by atoms with van der Waals surface area (Å²) in [5.74, 6) is 1.05. The molecule has 0 saturated heterocycles. The van der Waals surface area contributed by atoms with Crippen LogP contribution in [-0.4, -0.2) is 27.5 Å². The molecule has 2 aromatic rings. The minimum atomic E-state index is -3.64. The second-order valence-corrected chi connectivity index (χ2v) is 8.61. The Balaban J connectivity index is 0.00000338. The van der Waals surface area contributed by atoms with Gasteiger partial charge in [-0.3, -0.25) is 0 Å². The lowest BCUT2D eigenvalue weighted by Gasteiger charge is -2.16. The Morgan fingerprint density at radius 1 is 1.19 bits per heavy atom. The summed E-state index contributed by atoms with van der Waals surface area (Å²) in [6, 6.07) is 13.5. The Labute approximate surface area is 176 Å². The van der Waals surface area contributed by atoms with Gasteiger partial charge in [0.05, 0.1) is 6.54 Å². The Kier molecular flexibility index (Phi) is 9.55. The van der Waals surface area contributed by atoms with Crippen molar-refractivity contribution in [1.82, 2.24) is 10.6 Å². The predicted molar refractivity (Wildman–Crippen MR) is 119 cm³/mol. The van der Waals surface area contributed by atoms with Crippen LogP contribution in [-0.2, 0) is 16.6 Å². The fourth-order valence-corrected chi connectivity index (χ4v) is 3.95. The van der Waals surface area contributed by atoms with Crippen molar-refractivity contribution in [3.63, 3.8) is 0 Å². The van der Waals surface area contributed by atoms with Crippen molar-refractivity contribution in [2.24, 2.45) is 10.1 Å². The molecule has 0 spiro atoms. The highest BCUT2D eigenvalue weighted by Crippen LogP contribution is 2.20. The van der Waals surface area contributed by atoms with Crippen LogP contribution in [0.3, 0.4) is 0 Å². The van der Waals surface area contributed by atoms with E-state index in [0.29, 0.717) is 18.4 Å². The first-order chi connectivity index (χ1) is 11.9. The normalized spacial score (nSPS) is 13.0. The first-order valence-electron chi connectivity index (χ1n) is 8.08. The van der Waals surface area contributed by atoms with Gasteiger partial charge in [-0.1, -0.05) is 37.3 Å². The molecule has 0 bridgehead atoms. The lowest BCUT2D eigenvalue weighted by molar-refractivity contribution is 0.600. The van der Waals surface area contributed by atoms with Crippen molar-refractivity contribution in [2.45, 2.75) is 30.5 Å². The van der Waals surface area contributed by atoms with Gasteiger partial charge in [0, 0.05) is 18.0 Å². The number of rotatable bonds is 7. The van der Waals surface area contributed by atoms with Gasteiger partial charge in [0.15, 0.2) is 5.96 Å². The fourth-order valence-electron chi connectivity index (χ4n) is 2.24. The molecule has 0 aliphatic heterocycles. The molecule has 1 atom stereocenters. The molecule has 1 aromatic heterocycles. The van der Waals surface area contributed by atoms with Crippen molar-refractivity contribution >= 4 is 51.3 Å². The number of nitrogens with one attached hydrogen (secondary N) is 2. The molecule has 26 heavy (non-hydrogen) atoms. The molecular formula is C17H25IN4O2S2. The van der Waals surface area contributed by atoms with Crippen LogP contribution in [0, 0.1) is 0 Å².